The van der Waals surface area contributed by atoms with Crippen molar-refractivity contribution in [3.05, 3.63) is 48.5 Å². The number of Topliss-reactive ketones (excluding diaryl/α,β-unsaturated/α-hetero) is 1. The molecule has 0 aliphatic rings. The van der Waals surface area contributed by atoms with E-state index in [0.717, 1.165) is 16.5 Å². The summed E-state index contributed by atoms with van der Waals surface area (Å²) in [6, 6.07) is 5.75. The van der Waals surface area contributed by atoms with Crippen molar-refractivity contribution in [2.45, 2.75) is 39.5 Å². The fraction of sp³-hybridized carbons (Fsp3) is 0.381. The van der Waals surface area contributed by atoms with Crippen molar-refractivity contribution in [2.24, 2.45) is 5.92 Å². The van der Waals surface area contributed by atoms with Crippen LogP contribution >= 0.6 is 0 Å². The number of pyridine rings is 2. The molecule has 7 nitrogen and oxygen atoms in total. The van der Waals surface area contributed by atoms with Gasteiger partial charge in [-0.15, -0.1) is 0 Å². The van der Waals surface area contributed by atoms with Crippen molar-refractivity contribution in [3.8, 4) is 11.1 Å². The number of ketones is 1. The summed E-state index contributed by atoms with van der Waals surface area (Å²) < 4.78 is 28.4. The molecule has 0 aliphatic heterocycles. The van der Waals surface area contributed by atoms with E-state index in [1.165, 1.54) is 0 Å². The lowest BCUT2D eigenvalue weighted by molar-refractivity contribution is 0.0941. The van der Waals surface area contributed by atoms with Gasteiger partial charge in [-0.1, -0.05) is 13.8 Å². The minimum absolute atomic E-state index is 0.0326. The zero-order chi connectivity index (χ0) is 21.2. The summed E-state index contributed by atoms with van der Waals surface area (Å²) in [5, 5.41) is 0.271. The summed E-state index contributed by atoms with van der Waals surface area (Å²) in [5.41, 5.74) is 3.13. The van der Waals surface area contributed by atoms with Crippen molar-refractivity contribution < 1.29 is 13.2 Å². The Balaban J connectivity index is 1.99. The quantitative estimate of drug-likeness (QED) is 0.571. The van der Waals surface area contributed by atoms with Gasteiger partial charge in [-0.25, -0.2) is 18.1 Å². The molecule has 0 aliphatic carbocycles. The zero-order valence-electron chi connectivity index (χ0n) is 17.1. The number of hydrogen-bond donors (Lipinski definition) is 1. The van der Waals surface area contributed by atoms with Gasteiger partial charge in [0.05, 0.1) is 5.25 Å². The third-order valence-corrected chi connectivity index (χ3v) is 6.64. The molecule has 3 aromatic heterocycles. The van der Waals surface area contributed by atoms with E-state index in [4.69, 9.17) is 0 Å². The molecular formula is C21H26N4O3S. The van der Waals surface area contributed by atoms with Crippen LogP contribution in [-0.4, -0.2) is 40.5 Å². The SMILES string of the molecule is CC(C)C(=O)c1cn(CCNS(=O)(=O)C(C)C)c2ncc(-c3ccncc3)cc12. The van der Waals surface area contributed by atoms with Crippen LogP contribution in [0.25, 0.3) is 22.2 Å². The molecule has 0 aromatic carbocycles. The Morgan fingerprint density at radius 2 is 1.83 bits per heavy atom. The summed E-state index contributed by atoms with van der Waals surface area (Å²) in [4.78, 5) is 21.4. The predicted octanol–water partition coefficient (Wildman–Crippen LogP) is 3.26. The van der Waals surface area contributed by atoms with Gasteiger partial charge >= 0.3 is 0 Å². The van der Waals surface area contributed by atoms with Gasteiger partial charge in [0, 0.05) is 60.3 Å². The molecule has 29 heavy (non-hydrogen) atoms. The first-order valence-electron chi connectivity index (χ1n) is 9.62. The Morgan fingerprint density at radius 3 is 2.45 bits per heavy atom. The first-order valence-corrected chi connectivity index (χ1v) is 11.2. The Hall–Kier alpha value is -2.58. The summed E-state index contributed by atoms with van der Waals surface area (Å²) in [6.07, 6.45) is 6.97. The zero-order valence-corrected chi connectivity index (χ0v) is 17.9. The van der Waals surface area contributed by atoms with Crippen LogP contribution in [0.4, 0.5) is 0 Å². The highest BCUT2D eigenvalue weighted by Gasteiger charge is 2.20. The minimum atomic E-state index is -3.34. The lowest BCUT2D eigenvalue weighted by atomic mass is 10.00. The molecule has 3 heterocycles. The van der Waals surface area contributed by atoms with E-state index >= 15 is 0 Å². The molecule has 0 spiro atoms. The van der Waals surface area contributed by atoms with Gasteiger partial charge in [0.15, 0.2) is 5.78 Å². The van der Waals surface area contributed by atoms with Crippen LogP contribution in [0.1, 0.15) is 38.1 Å². The monoisotopic (exact) mass is 414 g/mol. The normalized spacial score (nSPS) is 12.2. The molecular weight excluding hydrogens is 388 g/mol. The van der Waals surface area contributed by atoms with Crippen LogP contribution in [0.3, 0.4) is 0 Å². The molecule has 0 saturated carbocycles. The van der Waals surface area contributed by atoms with Gasteiger partial charge in [0.1, 0.15) is 5.65 Å². The molecule has 0 atom stereocenters. The van der Waals surface area contributed by atoms with Gasteiger partial charge < -0.3 is 4.57 Å². The van der Waals surface area contributed by atoms with Gasteiger partial charge in [-0.2, -0.15) is 0 Å². The molecule has 0 bridgehead atoms. The van der Waals surface area contributed by atoms with Crippen LogP contribution < -0.4 is 4.72 Å². The molecule has 0 unspecified atom stereocenters. The van der Waals surface area contributed by atoms with Crippen LogP contribution in [0.2, 0.25) is 0 Å². The van der Waals surface area contributed by atoms with Crippen molar-refractivity contribution in [2.75, 3.05) is 6.54 Å². The summed E-state index contributed by atoms with van der Waals surface area (Å²) in [7, 11) is -3.34. The largest absolute Gasteiger partial charge is 0.330 e. The third kappa shape index (κ3) is 4.54. The first-order chi connectivity index (χ1) is 13.7. The smallest absolute Gasteiger partial charge is 0.213 e. The number of nitrogens with one attached hydrogen (secondary N) is 1. The molecule has 3 aromatic rings. The number of sulfonamides is 1. The van der Waals surface area contributed by atoms with Gasteiger partial charge in [0.25, 0.3) is 0 Å². The van der Waals surface area contributed by atoms with Crippen LogP contribution in [0.15, 0.2) is 43.0 Å². The number of rotatable bonds is 8. The molecule has 1 N–H and O–H groups in total. The predicted molar refractivity (Wildman–Crippen MR) is 114 cm³/mol. The molecule has 8 heteroatoms. The van der Waals surface area contributed by atoms with E-state index in [1.807, 2.05) is 36.6 Å². The third-order valence-electron chi connectivity index (χ3n) is 4.79. The van der Waals surface area contributed by atoms with Crippen LogP contribution in [0.5, 0.6) is 0 Å². The van der Waals surface area contributed by atoms with Crippen molar-refractivity contribution in [3.63, 3.8) is 0 Å². The lowest BCUT2D eigenvalue weighted by Gasteiger charge is -2.10. The maximum atomic E-state index is 12.8. The molecule has 0 amide bonds. The molecule has 0 fully saturated rings. The highest BCUT2D eigenvalue weighted by Crippen LogP contribution is 2.27. The van der Waals surface area contributed by atoms with Crippen molar-refractivity contribution >= 4 is 26.8 Å². The highest BCUT2D eigenvalue weighted by atomic mass is 32.2. The van der Waals surface area contributed by atoms with E-state index in [-0.39, 0.29) is 18.2 Å². The average Bonchev–Trinajstić information content (AvgIpc) is 3.05. The molecule has 0 saturated heterocycles. The second-order valence-corrected chi connectivity index (χ2v) is 9.90. The maximum Gasteiger partial charge on any atom is 0.213 e. The summed E-state index contributed by atoms with van der Waals surface area (Å²) in [5.74, 6) is -0.122. The standard InChI is InChI=1S/C21H26N4O3S/c1-14(2)20(26)19-13-25(10-9-24-29(27,28)15(3)4)21-18(19)11-17(12-23-21)16-5-7-22-8-6-16/h5-8,11-15,24H,9-10H2,1-4H3. The molecule has 3 rings (SSSR count). The lowest BCUT2D eigenvalue weighted by Crippen LogP contribution is -2.33. The number of nitrogens with zero attached hydrogens (tertiary/aromatic N) is 3. The molecule has 154 valence electrons. The Morgan fingerprint density at radius 1 is 1.14 bits per heavy atom. The van der Waals surface area contributed by atoms with Crippen molar-refractivity contribution in [1.29, 1.82) is 0 Å². The fourth-order valence-electron chi connectivity index (χ4n) is 3.03. The maximum absolute atomic E-state index is 12.8. The number of hydrogen-bond acceptors (Lipinski definition) is 5. The van der Waals surface area contributed by atoms with Crippen LogP contribution in [-0.2, 0) is 16.6 Å². The summed E-state index contributed by atoms with van der Waals surface area (Å²) in [6.45, 7) is 7.61. The van der Waals surface area contributed by atoms with Crippen molar-refractivity contribution in [1.82, 2.24) is 19.3 Å². The first kappa shape index (κ1) is 21.1. The Labute approximate surface area is 171 Å². The molecule has 0 radical (unpaired) electrons. The van der Waals surface area contributed by atoms with E-state index in [1.54, 1.807) is 38.6 Å². The minimum Gasteiger partial charge on any atom is -0.330 e. The van der Waals surface area contributed by atoms with Gasteiger partial charge in [0.2, 0.25) is 10.0 Å². The number of carbonyl (C=O) groups excluding carboxylic acids is 1. The van der Waals surface area contributed by atoms with Gasteiger partial charge in [-0.05, 0) is 37.6 Å². The van der Waals surface area contributed by atoms with Gasteiger partial charge in [-0.3, -0.25) is 9.78 Å². The van der Waals surface area contributed by atoms with Crippen LogP contribution in [0, 0.1) is 5.92 Å². The highest BCUT2D eigenvalue weighted by molar-refractivity contribution is 7.90. The van der Waals surface area contributed by atoms with E-state index in [0.29, 0.717) is 17.8 Å². The number of carbonyl (C=O) groups is 1. The Bertz CT molecular complexity index is 1120. The summed E-state index contributed by atoms with van der Waals surface area (Å²) >= 11 is 0. The number of aromatic nitrogens is 3. The Kier molecular flexibility index (Phi) is 6.14. The second kappa shape index (κ2) is 8.42. The average molecular weight is 415 g/mol. The fourth-order valence-corrected chi connectivity index (χ4v) is 3.74. The topological polar surface area (TPSA) is 94.0 Å². The van der Waals surface area contributed by atoms with E-state index < -0.39 is 15.3 Å². The number of fused-ring (bicyclic) bond motifs is 1. The second-order valence-electron chi connectivity index (χ2n) is 7.57. The van der Waals surface area contributed by atoms with E-state index in [9.17, 15) is 13.2 Å². The van der Waals surface area contributed by atoms with E-state index in [2.05, 4.69) is 14.7 Å².